The number of alkyl halides is 3. The fourth-order valence-corrected chi connectivity index (χ4v) is 4.83. The summed E-state index contributed by atoms with van der Waals surface area (Å²) in [7, 11) is 0. The van der Waals surface area contributed by atoms with E-state index in [2.05, 4.69) is 15.0 Å². The Hall–Kier alpha value is -3.75. The average Bonchev–Trinajstić information content (AvgIpc) is 3.25. The second kappa shape index (κ2) is 10.2. The van der Waals surface area contributed by atoms with Gasteiger partial charge in [-0.25, -0.2) is 24.9 Å². The third-order valence-electron chi connectivity index (χ3n) is 6.67. The number of hydrogen-bond donors (Lipinski definition) is 1. The number of amides is 1. The number of carbonyl (C=O) groups excluding carboxylic acids is 1. The molecule has 2 aliphatic rings. The van der Waals surface area contributed by atoms with Crippen molar-refractivity contribution in [3.8, 4) is 11.4 Å². The van der Waals surface area contributed by atoms with Crippen LogP contribution in [0, 0.1) is 0 Å². The second-order valence-electron chi connectivity index (χ2n) is 9.32. The van der Waals surface area contributed by atoms with Crippen LogP contribution in [-0.2, 0) is 16.1 Å². The number of ether oxygens (including phenoxy) is 1. The van der Waals surface area contributed by atoms with E-state index in [4.69, 9.17) is 20.4 Å². The molecule has 38 heavy (non-hydrogen) atoms. The Kier molecular flexibility index (Phi) is 6.94. The van der Waals surface area contributed by atoms with E-state index in [9.17, 15) is 18.0 Å². The van der Waals surface area contributed by atoms with Crippen LogP contribution in [0.3, 0.4) is 0 Å². The number of nitrogens with two attached hydrogens (primary N) is 1. The highest BCUT2D eigenvalue weighted by Gasteiger charge is 2.36. The molecular formula is C23H29F3N10O2. The topological polar surface area (TPSA) is 131 Å². The molecule has 0 bridgehead atoms. The number of anilines is 3. The number of rotatable bonds is 5. The van der Waals surface area contributed by atoms with Crippen LogP contribution in [0.15, 0.2) is 12.4 Å². The highest BCUT2D eigenvalue weighted by Crippen LogP contribution is 2.34. The monoisotopic (exact) mass is 534 g/mol. The summed E-state index contributed by atoms with van der Waals surface area (Å²) < 4.78 is 48.2. The van der Waals surface area contributed by atoms with Gasteiger partial charge in [-0.15, -0.1) is 0 Å². The third kappa shape index (κ3) is 5.14. The molecule has 1 atom stereocenters. The van der Waals surface area contributed by atoms with E-state index in [0.717, 1.165) is 4.57 Å². The lowest BCUT2D eigenvalue weighted by Gasteiger charge is -2.40. The Bertz CT molecular complexity index is 1310. The SMILES string of the molecule is CCC(=O)N1CCN(c2nc3c(N4CCOCC4)nc(-c4cnc(N)nc4)nc3n2CC(F)(F)F)C[C@H]1C. The number of aromatic nitrogens is 6. The fraction of sp³-hybridized carbons (Fsp3) is 0.565. The van der Waals surface area contributed by atoms with Crippen molar-refractivity contribution in [1.82, 2.24) is 34.4 Å². The average molecular weight is 535 g/mol. The van der Waals surface area contributed by atoms with Crippen molar-refractivity contribution in [3.63, 3.8) is 0 Å². The van der Waals surface area contributed by atoms with Crippen molar-refractivity contribution >= 4 is 34.8 Å². The van der Waals surface area contributed by atoms with Gasteiger partial charge in [0.05, 0.1) is 18.8 Å². The molecule has 1 amide bonds. The maximum atomic E-state index is 13.9. The molecule has 0 radical (unpaired) electrons. The number of nitrogens with zero attached hydrogens (tertiary/aromatic N) is 9. The van der Waals surface area contributed by atoms with Crippen LogP contribution in [0.2, 0.25) is 0 Å². The Morgan fingerprint density at radius 1 is 1.08 bits per heavy atom. The predicted octanol–water partition coefficient (Wildman–Crippen LogP) is 1.71. The van der Waals surface area contributed by atoms with Crippen LogP contribution in [0.5, 0.6) is 0 Å². The van der Waals surface area contributed by atoms with Crippen molar-refractivity contribution in [2.24, 2.45) is 0 Å². The van der Waals surface area contributed by atoms with Crippen LogP contribution in [0.1, 0.15) is 20.3 Å². The van der Waals surface area contributed by atoms with Gasteiger partial charge in [0.2, 0.25) is 17.8 Å². The summed E-state index contributed by atoms with van der Waals surface area (Å²) in [5.74, 6) is 0.794. The maximum Gasteiger partial charge on any atom is 0.406 e. The Morgan fingerprint density at radius 2 is 1.79 bits per heavy atom. The van der Waals surface area contributed by atoms with Gasteiger partial charge in [0.25, 0.3) is 0 Å². The standard InChI is InChI=1S/C23H29F3N10O2/c1-3-16(37)35-5-4-34(12-14(35)2)22-30-17-19(33-6-8-38-9-7-33)31-18(15-10-28-21(27)29-11-15)32-20(17)36(22)13-23(24,25)26/h10-11,14H,3-9,12-13H2,1-2H3,(H2,27,28,29)/t14-/m1/s1. The van der Waals surface area contributed by atoms with Crippen LogP contribution < -0.4 is 15.5 Å². The molecule has 3 aromatic rings. The molecular weight excluding hydrogens is 505 g/mol. The minimum Gasteiger partial charge on any atom is -0.378 e. The molecule has 204 valence electrons. The summed E-state index contributed by atoms with van der Waals surface area (Å²) in [6, 6.07) is -0.192. The lowest BCUT2D eigenvalue weighted by atomic mass is 10.2. The molecule has 5 rings (SSSR count). The predicted molar refractivity (Wildman–Crippen MR) is 134 cm³/mol. The molecule has 2 saturated heterocycles. The Morgan fingerprint density at radius 3 is 2.42 bits per heavy atom. The summed E-state index contributed by atoms with van der Waals surface area (Å²) in [5, 5.41) is 0. The minimum atomic E-state index is -4.53. The smallest absolute Gasteiger partial charge is 0.378 e. The minimum absolute atomic E-state index is 0.0109. The molecule has 0 saturated carbocycles. The molecule has 0 unspecified atom stereocenters. The van der Waals surface area contributed by atoms with E-state index < -0.39 is 12.7 Å². The number of carbonyl (C=O) groups is 1. The van der Waals surface area contributed by atoms with E-state index >= 15 is 0 Å². The van der Waals surface area contributed by atoms with E-state index in [1.165, 1.54) is 12.4 Å². The zero-order chi connectivity index (χ0) is 27.0. The first-order valence-corrected chi connectivity index (χ1v) is 12.4. The molecule has 5 heterocycles. The number of nitrogen functional groups attached to an aromatic ring is 1. The van der Waals surface area contributed by atoms with Gasteiger partial charge in [-0.1, -0.05) is 6.92 Å². The lowest BCUT2D eigenvalue weighted by Crippen LogP contribution is -2.54. The first-order valence-electron chi connectivity index (χ1n) is 12.4. The van der Waals surface area contributed by atoms with Gasteiger partial charge in [-0.05, 0) is 6.92 Å². The van der Waals surface area contributed by atoms with Gasteiger partial charge in [-0.3, -0.25) is 9.36 Å². The molecule has 0 aliphatic carbocycles. The van der Waals surface area contributed by atoms with Crippen LogP contribution in [0.4, 0.5) is 30.9 Å². The maximum absolute atomic E-state index is 13.9. The summed E-state index contributed by atoms with van der Waals surface area (Å²) in [4.78, 5) is 39.7. The first-order chi connectivity index (χ1) is 18.1. The van der Waals surface area contributed by atoms with Crippen LogP contribution in [-0.4, -0.2) is 98.4 Å². The molecule has 2 fully saturated rings. The van der Waals surface area contributed by atoms with Gasteiger partial charge in [0.15, 0.2) is 22.8 Å². The van der Waals surface area contributed by atoms with Crippen LogP contribution in [0.25, 0.3) is 22.6 Å². The van der Waals surface area contributed by atoms with Gasteiger partial charge in [-0.2, -0.15) is 13.2 Å². The highest BCUT2D eigenvalue weighted by atomic mass is 19.4. The van der Waals surface area contributed by atoms with E-state index in [1.54, 1.807) is 16.7 Å². The zero-order valence-electron chi connectivity index (χ0n) is 21.1. The van der Waals surface area contributed by atoms with Gasteiger partial charge < -0.3 is 25.2 Å². The lowest BCUT2D eigenvalue weighted by molar-refractivity contribution is -0.139. The third-order valence-corrected chi connectivity index (χ3v) is 6.67. The van der Waals surface area contributed by atoms with Crippen molar-refractivity contribution in [2.75, 3.05) is 61.5 Å². The van der Waals surface area contributed by atoms with E-state index in [1.807, 2.05) is 11.8 Å². The van der Waals surface area contributed by atoms with Crippen molar-refractivity contribution in [2.45, 2.75) is 39.0 Å². The first kappa shape index (κ1) is 25.9. The molecule has 0 aromatic carbocycles. The van der Waals surface area contributed by atoms with Gasteiger partial charge in [0.1, 0.15) is 6.54 Å². The Labute approximate surface area is 216 Å². The zero-order valence-corrected chi connectivity index (χ0v) is 21.1. The van der Waals surface area contributed by atoms with E-state index in [0.29, 0.717) is 63.7 Å². The number of imidazole rings is 1. The highest BCUT2D eigenvalue weighted by molar-refractivity contribution is 5.88. The Balaban J connectivity index is 1.66. The van der Waals surface area contributed by atoms with E-state index in [-0.39, 0.29) is 40.8 Å². The molecule has 2 aliphatic heterocycles. The number of hydrogen-bond acceptors (Lipinski definition) is 10. The van der Waals surface area contributed by atoms with Crippen molar-refractivity contribution < 1.29 is 22.7 Å². The summed E-state index contributed by atoms with van der Waals surface area (Å²) in [6.07, 6.45) is -1.29. The molecule has 3 aromatic heterocycles. The molecule has 2 N–H and O–H groups in total. The number of halogens is 3. The quantitative estimate of drug-likeness (QED) is 0.516. The number of piperazine rings is 1. The van der Waals surface area contributed by atoms with Crippen LogP contribution >= 0.6 is 0 Å². The van der Waals surface area contributed by atoms with Crippen molar-refractivity contribution in [3.05, 3.63) is 12.4 Å². The number of morpholine rings is 1. The summed E-state index contributed by atoms with van der Waals surface area (Å²) >= 11 is 0. The fourth-order valence-electron chi connectivity index (χ4n) is 4.83. The molecule has 0 spiro atoms. The normalized spacial score (nSPS) is 18.9. The second-order valence-corrected chi connectivity index (χ2v) is 9.32. The summed E-state index contributed by atoms with van der Waals surface area (Å²) in [6.45, 7) is 5.37. The van der Waals surface area contributed by atoms with Gasteiger partial charge in [0, 0.05) is 57.6 Å². The number of fused-ring (bicyclic) bond motifs is 1. The van der Waals surface area contributed by atoms with Crippen molar-refractivity contribution in [1.29, 1.82) is 0 Å². The molecule has 12 nitrogen and oxygen atoms in total. The van der Waals surface area contributed by atoms with Gasteiger partial charge >= 0.3 is 6.18 Å². The summed E-state index contributed by atoms with van der Waals surface area (Å²) in [5.41, 5.74) is 6.36. The molecule has 15 heteroatoms. The largest absolute Gasteiger partial charge is 0.406 e.